The number of nitrogens with zero attached hydrogens (tertiary/aromatic N) is 2. The molecule has 198 valence electrons. The van der Waals surface area contributed by atoms with Gasteiger partial charge < -0.3 is 25.0 Å². The highest BCUT2D eigenvalue weighted by molar-refractivity contribution is 7.35. The Balaban J connectivity index is 1.67. The molecule has 4 rings (SSSR count). The zero-order chi connectivity index (χ0) is 27.4. The fraction of sp³-hybridized carbons (Fsp3) is 0.174. The van der Waals surface area contributed by atoms with E-state index in [9.17, 15) is 28.7 Å². The number of phenolic OH excluding ortho intramolecular Hbond substituents is 1. The fourth-order valence-electron chi connectivity index (χ4n) is 3.72. The monoisotopic (exact) mass is 560 g/mol. The zero-order valence-electron chi connectivity index (χ0n) is 19.7. The molecule has 2 aromatic carbocycles. The van der Waals surface area contributed by atoms with E-state index < -0.39 is 23.1 Å². The highest BCUT2D eigenvalue weighted by Gasteiger charge is 2.20. The van der Waals surface area contributed by atoms with Gasteiger partial charge in [-0.3, -0.25) is 19.9 Å². The van der Waals surface area contributed by atoms with Crippen LogP contribution in [0.5, 0.6) is 11.5 Å². The van der Waals surface area contributed by atoms with Gasteiger partial charge in [0.05, 0.1) is 24.4 Å². The molecule has 0 fully saturated rings. The molecule has 5 N–H and O–H groups in total. The van der Waals surface area contributed by atoms with E-state index in [1.165, 1.54) is 12.1 Å². The Labute approximate surface area is 219 Å². The number of amides is 3. The number of carbonyl (C=O) groups is 2. The van der Waals surface area contributed by atoms with Gasteiger partial charge in [-0.15, -0.1) is 18.5 Å². The van der Waals surface area contributed by atoms with Crippen molar-refractivity contribution in [2.24, 2.45) is 4.99 Å². The van der Waals surface area contributed by atoms with E-state index in [1.54, 1.807) is 12.1 Å². The number of fused-ring (bicyclic) bond motifs is 1. The molecule has 1 aromatic heterocycles. The Bertz CT molecular complexity index is 1530. The lowest BCUT2D eigenvalue weighted by Gasteiger charge is -2.21. The summed E-state index contributed by atoms with van der Waals surface area (Å²) in [6.07, 6.45) is 2.06. The third-order valence-electron chi connectivity index (χ3n) is 5.59. The Morgan fingerprint density at radius 2 is 2.03 bits per heavy atom. The quantitative estimate of drug-likeness (QED) is 0.0942. The number of anilines is 1. The lowest BCUT2D eigenvalue weighted by atomic mass is 10.1. The number of nitrogens with one attached hydrogen (secondary N) is 4. The van der Waals surface area contributed by atoms with Crippen LogP contribution < -0.4 is 37.2 Å². The van der Waals surface area contributed by atoms with Crippen LogP contribution in [-0.4, -0.2) is 45.0 Å². The van der Waals surface area contributed by atoms with Gasteiger partial charge in [0.15, 0.2) is 0 Å². The van der Waals surface area contributed by atoms with Gasteiger partial charge in [-0.25, -0.2) is 14.0 Å². The van der Waals surface area contributed by atoms with Crippen LogP contribution >= 0.6 is 18.5 Å². The first-order valence-corrected chi connectivity index (χ1v) is 12.3. The number of ether oxygens (including phenoxy) is 1. The van der Waals surface area contributed by atoms with Crippen LogP contribution in [-0.2, 0) is 24.3 Å². The van der Waals surface area contributed by atoms with Gasteiger partial charge in [-0.1, -0.05) is 0 Å². The second-order valence-electron chi connectivity index (χ2n) is 8.24. The first-order chi connectivity index (χ1) is 18.1. The van der Waals surface area contributed by atoms with Crippen LogP contribution in [0.4, 0.5) is 14.9 Å². The number of hydrogen-bond donors (Lipinski definition) is 5. The molecule has 3 amide bonds. The number of rotatable bonds is 6. The highest BCUT2D eigenvalue weighted by Crippen LogP contribution is 2.35. The van der Waals surface area contributed by atoms with Crippen LogP contribution in [0.2, 0.25) is 0 Å². The molecule has 0 saturated carbocycles. The van der Waals surface area contributed by atoms with Crippen molar-refractivity contribution >= 4 is 53.2 Å². The van der Waals surface area contributed by atoms with Crippen LogP contribution in [0.1, 0.15) is 16.7 Å². The number of urea groups is 1. The summed E-state index contributed by atoms with van der Waals surface area (Å²) in [5.41, 5.74) is -0.0166. The van der Waals surface area contributed by atoms with Crippen molar-refractivity contribution in [2.45, 2.75) is 19.5 Å². The third kappa shape index (κ3) is 6.24. The Morgan fingerprint density at radius 3 is 2.74 bits per heavy atom. The number of aromatic amines is 2. The summed E-state index contributed by atoms with van der Waals surface area (Å²) in [4.78, 5) is 57.7. The minimum Gasteiger partial charge on any atom is -0.506 e. The minimum absolute atomic E-state index is 0.0384. The van der Waals surface area contributed by atoms with E-state index in [0.29, 0.717) is 34.9 Å². The van der Waals surface area contributed by atoms with Gasteiger partial charge in [0.1, 0.15) is 17.3 Å². The molecule has 1 aliphatic heterocycles. The first-order valence-electron chi connectivity index (χ1n) is 11.1. The summed E-state index contributed by atoms with van der Waals surface area (Å²) in [6, 6.07) is 4.99. The number of guanidine groups is 1. The number of aromatic hydroxyl groups is 1. The molecule has 12 nitrogen and oxygen atoms in total. The molecule has 2 unspecified atom stereocenters. The van der Waals surface area contributed by atoms with Crippen molar-refractivity contribution < 1.29 is 23.8 Å². The van der Waals surface area contributed by atoms with Gasteiger partial charge in [-0.05, 0) is 34.6 Å². The second kappa shape index (κ2) is 11.5. The largest absolute Gasteiger partial charge is 0.506 e. The molecule has 1 aliphatic rings. The number of phenols is 1. The molecular formula is C23H23FN6O6P2. The second-order valence-corrected chi connectivity index (χ2v) is 9.44. The topological polar surface area (TPSA) is 169 Å². The van der Waals surface area contributed by atoms with Crippen LogP contribution in [0.3, 0.4) is 0 Å². The van der Waals surface area contributed by atoms with Gasteiger partial charge in [0.25, 0.3) is 5.56 Å². The van der Waals surface area contributed by atoms with Crippen LogP contribution in [0.25, 0.3) is 0 Å². The molecule has 0 saturated heterocycles. The Morgan fingerprint density at radius 1 is 1.24 bits per heavy atom. The van der Waals surface area contributed by atoms with Crippen molar-refractivity contribution in [1.82, 2.24) is 20.2 Å². The number of aromatic nitrogens is 2. The van der Waals surface area contributed by atoms with Crippen molar-refractivity contribution in [3.63, 3.8) is 0 Å². The fourth-order valence-corrected chi connectivity index (χ4v) is 4.24. The van der Waals surface area contributed by atoms with Crippen molar-refractivity contribution in [3.05, 3.63) is 73.8 Å². The summed E-state index contributed by atoms with van der Waals surface area (Å²) in [6.45, 7) is -0.0139. The standard InChI is InChI=1S/C23H23FN6O6P2/c24-14-3-11(4-18(37)19(14)38)8-30(9-13-7-25-22(34)28-20(13)33)23(35)29-21(26-10-31)27-15-5-12-1-2-36-17(12)6-16(15)32/h3-7,10,32H,1-2,8-9,37-38H2,(H2,25,28,33,34)(H2,26,27,29,31,35). The maximum atomic E-state index is 14.4. The third-order valence-corrected chi connectivity index (χ3v) is 7.01. The van der Waals surface area contributed by atoms with E-state index in [0.717, 1.165) is 16.7 Å². The predicted molar refractivity (Wildman–Crippen MR) is 145 cm³/mol. The minimum atomic E-state index is -0.905. The number of halogens is 1. The molecule has 2 heterocycles. The van der Waals surface area contributed by atoms with Crippen LogP contribution in [0, 0.1) is 5.82 Å². The summed E-state index contributed by atoms with van der Waals surface area (Å²) >= 11 is 0. The maximum absolute atomic E-state index is 14.4. The average Bonchev–Trinajstić information content (AvgIpc) is 3.31. The normalized spacial score (nSPS) is 12.4. The van der Waals surface area contributed by atoms with Crippen LogP contribution in [0.15, 0.2) is 45.0 Å². The molecule has 0 aliphatic carbocycles. The summed E-state index contributed by atoms with van der Waals surface area (Å²) in [5.74, 6) is -0.495. The average molecular weight is 560 g/mol. The van der Waals surface area contributed by atoms with E-state index in [4.69, 9.17) is 4.74 Å². The molecule has 3 aromatic rings. The lowest BCUT2D eigenvalue weighted by molar-refractivity contribution is -0.108. The van der Waals surface area contributed by atoms with Crippen molar-refractivity contribution in [1.29, 1.82) is 0 Å². The highest BCUT2D eigenvalue weighted by atomic mass is 31.0. The SMILES string of the molecule is O=CN/C(=N\C(=O)N(Cc1cc(F)c(P)c(P)c1)Cc1c[nH]c(=O)[nH]c1=O)Nc1cc2c(cc1O)OCC2. The molecule has 0 bridgehead atoms. The molecule has 0 spiro atoms. The molecule has 2 atom stereocenters. The van der Waals surface area contributed by atoms with E-state index in [2.05, 4.69) is 44.1 Å². The van der Waals surface area contributed by atoms with Gasteiger partial charge in [0.2, 0.25) is 12.4 Å². The first kappa shape index (κ1) is 27.0. The molecule has 0 radical (unpaired) electrons. The summed E-state index contributed by atoms with van der Waals surface area (Å²) in [7, 11) is 4.68. The molecule has 38 heavy (non-hydrogen) atoms. The smallest absolute Gasteiger partial charge is 0.347 e. The number of hydrogen-bond acceptors (Lipinski definition) is 6. The zero-order valence-corrected chi connectivity index (χ0v) is 22.0. The number of aliphatic imine (C=N–C) groups is 1. The molecular weight excluding hydrogens is 537 g/mol. The van der Waals surface area contributed by atoms with Crippen molar-refractivity contribution in [3.8, 4) is 11.5 Å². The molecule has 15 heteroatoms. The number of H-pyrrole nitrogens is 2. The maximum Gasteiger partial charge on any atom is 0.347 e. The van der Waals surface area contributed by atoms with E-state index >= 15 is 0 Å². The Kier molecular flexibility index (Phi) is 8.19. The number of carbonyl (C=O) groups excluding carboxylic acids is 2. The van der Waals surface area contributed by atoms with Gasteiger partial charge in [-0.2, -0.15) is 4.99 Å². The lowest BCUT2D eigenvalue weighted by Crippen LogP contribution is -2.36. The Hall–Kier alpha value is -4.08. The summed E-state index contributed by atoms with van der Waals surface area (Å²) < 4.78 is 19.8. The van der Waals surface area contributed by atoms with Gasteiger partial charge >= 0.3 is 11.7 Å². The predicted octanol–water partition coefficient (Wildman–Crippen LogP) is 0.180. The van der Waals surface area contributed by atoms with Gasteiger partial charge in [0, 0.05) is 30.5 Å². The van der Waals surface area contributed by atoms with E-state index in [1.807, 2.05) is 0 Å². The van der Waals surface area contributed by atoms with E-state index in [-0.39, 0.29) is 42.5 Å². The summed E-state index contributed by atoms with van der Waals surface area (Å²) in [5, 5.41) is 16.2. The number of benzene rings is 2. The van der Waals surface area contributed by atoms with Crippen molar-refractivity contribution in [2.75, 3.05) is 11.9 Å².